The highest BCUT2D eigenvalue weighted by atomic mass is 35.5. The van der Waals surface area contributed by atoms with Crippen molar-refractivity contribution in [2.24, 2.45) is 5.92 Å². The standard InChI is InChI=1S/C11H17ClN2/c1-7(2)8(3)14-11-6-9(12)4-5-10(11)13/h4-8,14H,13H2,1-3H3. The lowest BCUT2D eigenvalue weighted by Gasteiger charge is -2.20. The molecule has 0 aliphatic carbocycles. The summed E-state index contributed by atoms with van der Waals surface area (Å²) in [4.78, 5) is 0. The number of halogens is 1. The third-order valence-corrected chi connectivity index (χ3v) is 2.63. The first kappa shape index (κ1) is 11.2. The van der Waals surface area contributed by atoms with Crippen LogP contribution < -0.4 is 11.1 Å². The van der Waals surface area contributed by atoms with Gasteiger partial charge in [0.25, 0.3) is 0 Å². The van der Waals surface area contributed by atoms with Gasteiger partial charge in [0, 0.05) is 11.1 Å². The van der Waals surface area contributed by atoms with Crippen molar-refractivity contribution in [3.05, 3.63) is 23.2 Å². The molecule has 1 atom stereocenters. The van der Waals surface area contributed by atoms with Crippen molar-refractivity contribution in [1.82, 2.24) is 0 Å². The molecule has 3 heteroatoms. The fourth-order valence-electron chi connectivity index (χ4n) is 1.07. The summed E-state index contributed by atoms with van der Waals surface area (Å²) in [7, 11) is 0. The minimum absolute atomic E-state index is 0.385. The van der Waals surface area contributed by atoms with E-state index in [9.17, 15) is 0 Å². The van der Waals surface area contributed by atoms with Crippen LogP contribution in [0.1, 0.15) is 20.8 Å². The molecule has 78 valence electrons. The van der Waals surface area contributed by atoms with Crippen LogP contribution >= 0.6 is 11.6 Å². The molecule has 0 aliphatic rings. The molecule has 1 rings (SSSR count). The van der Waals surface area contributed by atoms with Crippen molar-refractivity contribution in [2.75, 3.05) is 11.1 Å². The molecule has 3 N–H and O–H groups in total. The number of hydrogen-bond acceptors (Lipinski definition) is 2. The van der Waals surface area contributed by atoms with Crippen LogP contribution in [0.15, 0.2) is 18.2 Å². The largest absolute Gasteiger partial charge is 0.397 e. The van der Waals surface area contributed by atoms with Crippen molar-refractivity contribution in [3.63, 3.8) is 0 Å². The molecule has 1 unspecified atom stereocenters. The molecule has 0 aromatic heterocycles. The third-order valence-electron chi connectivity index (χ3n) is 2.40. The van der Waals surface area contributed by atoms with E-state index in [2.05, 4.69) is 26.1 Å². The Morgan fingerprint density at radius 3 is 2.50 bits per heavy atom. The Kier molecular flexibility index (Phi) is 3.64. The smallest absolute Gasteiger partial charge is 0.0590 e. The molecule has 14 heavy (non-hydrogen) atoms. The van der Waals surface area contributed by atoms with Gasteiger partial charge in [-0.25, -0.2) is 0 Å². The van der Waals surface area contributed by atoms with Crippen LogP contribution in [-0.2, 0) is 0 Å². The van der Waals surface area contributed by atoms with Gasteiger partial charge in [0.15, 0.2) is 0 Å². The second-order valence-electron chi connectivity index (χ2n) is 3.91. The highest BCUT2D eigenvalue weighted by molar-refractivity contribution is 6.31. The molecule has 1 aromatic rings. The monoisotopic (exact) mass is 212 g/mol. The van der Waals surface area contributed by atoms with Gasteiger partial charge in [0.1, 0.15) is 0 Å². The average Bonchev–Trinajstić information content (AvgIpc) is 2.11. The maximum absolute atomic E-state index is 5.88. The predicted octanol–water partition coefficient (Wildman–Crippen LogP) is 3.38. The van der Waals surface area contributed by atoms with Gasteiger partial charge in [-0.2, -0.15) is 0 Å². The highest BCUT2D eigenvalue weighted by Crippen LogP contribution is 2.24. The van der Waals surface area contributed by atoms with E-state index in [1.165, 1.54) is 0 Å². The average molecular weight is 213 g/mol. The van der Waals surface area contributed by atoms with Gasteiger partial charge >= 0.3 is 0 Å². The Morgan fingerprint density at radius 1 is 1.29 bits per heavy atom. The molecule has 0 bridgehead atoms. The van der Waals surface area contributed by atoms with E-state index in [0.717, 1.165) is 11.4 Å². The summed E-state index contributed by atoms with van der Waals surface area (Å²) < 4.78 is 0. The quantitative estimate of drug-likeness (QED) is 0.754. The maximum Gasteiger partial charge on any atom is 0.0590 e. The Labute approximate surface area is 90.4 Å². The minimum Gasteiger partial charge on any atom is -0.397 e. The number of rotatable bonds is 3. The van der Waals surface area contributed by atoms with E-state index in [-0.39, 0.29) is 0 Å². The van der Waals surface area contributed by atoms with E-state index >= 15 is 0 Å². The van der Waals surface area contributed by atoms with Gasteiger partial charge < -0.3 is 11.1 Å². The summed E-state index contributed by atoms with van der Waals surface area (Å²) in [5.41, 5.74) is 7.47. The lowest BCUT2D eigenvalue weighted by molar-refractivity contribution is 0.560. The summed E-state index contributed by atoms with van der Waals surface area (Å²) in [5.74, 6) is 0.563. The molecule has 0 saturated carbocycles. The molecule has 0 fully saturated rings. The van der Waals surface area contributed by atoms with Gasteiger partial charge in [0.2, 0.25) is 0 Å². The zero-order chi connectivity index (χ0) is 10.7. The van der Waals surface area contributed by atoms with E-state index < -0.39 is 0 Å². The Balaban J connectivity index is 2.80. The Bertz CT molecular complexity index is 310. The zero-order valence-electron chi connectivity index (χ0n) is 8.84. The van der Waals surface area contributed by atoms with Gasteiger partial charge in [-0.1, -0.05) is 25.4 Å². The zero-order valence-corrected chi connectivity index (χ0v) is 9.60. The SMILES string of the molecule is CC(C)C(C)Nc1cc(Cl)ccc1N. The van der Waals surface area contributed by atoms with Crippen molar-refractivity contribution in [1.29, 1.82) is 0 Å². The molecule has 0 aliphatic heterocycles. The molecule has 0 radical (unpaired) electrons. The molecular formula is C11H17ClN2. The van der Waals surface area contributed by atoms with E-state index in [1.54, 1.807) is 6.07 Å². The molecule has 0 saturated heterocycles. The van der Waals surface area contributed by atoms with Gasteiger partial charge in [-0.15, -0.1) is 0 Å². The van der Waals surface area contributed by atoms with Crippen LogP contribution in [0.2, 0.25) is 5.02 Å². The van der Waals surface area contributed by atoms with Crippen molar-refractivity contribution >= 4 is 23.0 Å². The van der Waals surface area contributed by atoms with E-state index in [0.29, 0.717) is 17.0 Å². The van der Waals surface area contributed by atoms with Crippen LogP contribution in [0.5, 0.6) is 0 Å². The third kappa shape index (κ3) is 2.81. The summed E-state index contributed by atoms with van der Waals surface area (Å²) in [5, 5.41) is 4.05. The van der Waals surface area contributed by atoms with Crippen molar-refractivity contribution in [3.8, 4) is 0 Å². The first-order valence-electron chi connectivity index (χ1n) is 4.82. The molecular weight excluding hydrogens is 196 g/mol. The second-order valence-corrected chi connectivity index (χ2v) is 4.35. The maximum atomic E-state index is 5.88. The summed E-state index contributed by atoms with van der Waals surface area (Å²) >= 11 is 5.88. The fourth-order valence-corrected chi connectivity index (χ4v) is 1.24. The lowest BCUT2D eigenvalue weighted by atomic mass is 10.1. The highest BCUT2D eigenvalue weighted by Gasteiger charge is 2.08. The fraction of sp³-hybridized carbons (Fsp3) is 0.455. The molecule has 0 spiro atoms. The van der Waals surface area contributed by atoms with E-state index in [1.807, 2.05) is 12.1 Å². The van der Waals surface area contributed by atoms with Crippen LogP contribution in [0, 0.1) is 5.92 Å². The Hall–Kier alpha value is -0.890. The predicted molar refractivity (Wildman–Crippen MR) is 63.8 cm³/mol. The number of nitrogens with one attached hydrogen (secondary N) is 1. The number of hydrogen-bond donors (Lipinski definition) is 2. The summed E-state index contributed by atoms with van der Waals surface area (Å²) in [6.45, 7) is 6.46. The van der Waals surface area contributed by atoms with Crippen LogP contribution in [0.3, 0.4) is 0 Å². The van der Waals surface area contributed by atoms with Gasteiger partial charge in [0.05, 0.1) is 11.4 Å². The van der Waals surface area contributed by atoms with Crippen molar-refractivity contribution in [2.45, 2.75) is 26.8 Å². The lowest BCUT2D eigenvalue weighted by Crippen LogP contribution is -2.22. The molecule has 0 heterocycles. The molecule has 0 amide bonds. The summed E-state index contributed by atoms with van der Waals surface area (Å²) in [6, 6.07) is 5.85. The van der Waals surface area contributed by atoms with Gasteiger partial charge in [-0.3, -0.25) is 0 Å². The van der Waals surface area contributed by atoms with Gasteiger partial charge in [-0.05, 0) is 31.0 Å². The number of nitrogen functional groups attached to an aromatic ring is 1. The Morgan fingerprint density at radius 2 is 1.93 bits per heavy atom. The number of nitrogens with two attached hydrogens (primary N) is 1. The minimum atomic E-state index is 0.385. The topological polar surface area (TPSA) is 38.0 Å². The van der Waals surface area contributed by atoms with Crippen molar-refractivity contribution < 1.29 is 0 Å². The van der Waals surface area contributed by atoms with Crippen LogP contribution in [0.4, 0.5) is 11.4 Å². The second kappa shape index (κ2) is 4.56. The number of anilines is 2. The normalized spacial score (nSPS) is 12.9. The van der Waals surface area contributed by atoms with Crippen LogP contribution in [-0.4, -0.2) is 6.04 Å². The molecule has 1 aromatic carbocycles. The van der Waals surface area contributed by atoms with E-state index in [4.69, 9.17) is 17.3 Å². The number of benzene rings is 1. The summed E-state index contributed by atoms with van der Waals surface area (Å²) in [6.07, 6.45) is 0. The molecule has 2 nitrogen and oxygen atoms in total. The van der Waals surface area contributed by atoms with Crippen LogP contribution in [0.25, 0.3) is 0 Å². The first-order chi connectivity index (χ1) is 6.50. The first-order valence-corrected chi connectivity index (χ1v) is 5.20.